The summed E-state index contributed by atoms with van der Waals surface area (Å²) in [6.07, 6.45) is 3.67. The zero-order valence-electron chi connectivity index (χ0n) is 7.58. The third-order valence-corrected chi connectivity index (χ3v) is 2.63. The van der Waals surface area contributed by atoms with E-state index in [1.54, 1.807) is 4.90 Å². The van der Waals surface area contributed by atoms with Crippen LogP contribution in [0, 0.1) is 5.92 Å². The second-order valence-electron chi connectivity index (χ2n) is 3.82. The van der Waals surface area contributed by atoms with Crippen LogP contribution >= 0.6 is 0 Å². The fourth-order valence-corrected chi connectivity index (χ4v) is 1.55. The molecule has 1 N–H and O–H groups in total. The van der Waals surface area contributed by atoms with E-state index >= 15 is 0 Å². The van der Waals surface area contributed by atoms with E-state index in [9.17, 15) is 9.59 Å². The largest absolute Gasteiger partial charge is 0.345 e. The summed E-state index contributed by atoms with van der Waals surface area (Å²) in [5.74, 6) is 0.841. The number of carbonyl (C=O) groups is 2. The standard InChI is InChI=1S/C9H14N2O2/c12-8-6-11(9(13)5-10-8)4-3-7-1-2-7/h7H,1-6H2,(H,10,12). The van der Waals surface area contributed by atoms with Crippen molar-refractivity contribution in [2.75, 3.05) is 19.6 Å². The smallest absolute Gasteiger partial charge is 0.242 e. The number of hydrogen-bond donors (Lipinski definition) is 1. The first kappa shape index (κ1) is 8.53. The van der Waals surface area contributed by atoms with Gasteiger partial charge >= 0.3 is 0 Å². The number of nitrogens with one attached hydrogen (secondary N) is 1. The van der Waals surface area contributed by atoms with Gasteiger partial charge in [0.25, 0.3) is 0 Å². The summed E-state index contributed by atoms with van der Waals surface area (Å²) in [7, 11) is 0. The van der Waals surface area contributed by atoms with Crippen molar-refractivity contribution in [3.05, 3.63) is 0 Å². The first-order chi connectivity index (χ1) is 6.25. The quantitative estimate of drug-likeness (QED) is 0.654. The average Bonchev–Trinajstić information content (AvgIpc) is 2.90. The molecule has 2 aliphatic rings. The molecule has 0 radical (unpaired) electrons. The Morgan fingerprint density at radius 1 is 1.38 bits per heavy atom. The molecule has 4 nitrogen and oxygen atoms in total. The number of piperazine rings is 1. The molecule has 0 unspecified atom stereocenters. The minimum atomic E-state index is -0.0320. The first-order valence-electron chi connectivity index (χ1n) is 4.80. The second-order valence-corrected chi connectivity index (χ2v) is 3.82. The lowest BCUT2D eigenvalue weighted by molar-refractivity contribution is -0.140. The maximum absolute atomic E-state index is 11.3. The molecule has 72 valence electrons. The summed E-state index contributed by atoms with van der Waals surface area (Å²) in [4.78, 5) is 23.9. The normalized spacial score (nSPS) is 23.2. The van der Waals surface area contributed by atoms with Gasteiger partial charge in [0.05, 0.1) is 13.1 Å². The van der Waals surface area contributed by atoms with Crippen LogP contribution in [-0.4, -0.2) is 36.3 Å². The summed E-state index contributed by atoms with van der Waals surface area (Å²) in [5, 5.41) is 2.53. The van der Waals surface area contributed by atoms with Crippen LogP contribution in [0.5, 0.6) is 0 Å². The van der Waals surface area contributed by atoms with Gasteiger partial charge in [-0.25, -0.2) is 0 Å². The molecule has 0 atom stereocenters. The van der Waals surface area contributed by atoms with Crippen molar-refractivity contribution < 1.29 is 9.59 Å². The highest BCUT2D eigenvalue weighted by molar-refractivity contribution is 5.92. The Morgan fingerprint density at radius 2 is 2.15 bits per heavy atom. The summed E-state index contributed by atoms with van der Waals surface area (Å²) in [5.41, 5.74) is 0. The molecule has 0 aromatic carbocycles. The number of carbonyl (C=O) groups excluding carboxylic acids is 2. The number of amides is 2. The topological polar surface area (TPSA) is 49.4 Å². The third kappa shape index (κ3) is 2.20. The van der Waals surface area contributed by atoms with Crippen molar-refractivity contribution in [1.29, 1.82) is 0 Å². The molecule has 0 bridgehead atoms. The van der Waals surface area contributed by atoms with Crippen molar-refractivity contribution in [3.8, 4) is 0 Å². The summed E-state index contributed by atoms with van der Waals surface area (Å²) >= 11 is 0. The highest BCUT2D eigenvalue weighted by Gasteiger charge is 2.26. The van der Waals surface area contributed by atoms with Crippen molar-refractivity contribution in [3.63, 3.8) is 0 Å². The van der Waals surface area contributed by atoms with E-state index in [0.29, 0.717) is 0 Å². The molecule has 4 heteroatoms. The van der Waals surface area contributed by atoms with Gasteiger partial charge in [-0.2, -0.15) is 0 Å². The van der Waals surface area contributed by atoms with Crippen LogP contribution < -0.4 is 5.32 Å². The number of nitrogens with zero attached hydrogens (tertiary/aromatic N) is 1. The van der Waals surface area contributed by atoms with E-state index in [0.717, 1.165) is 18.9 Å². The highest BCUT2D eigenvalue weighted by Crippen LogP contribution is 2.32. The average molecular weight is 182 g/mol. The molecular formula is C9H14N2O2. The molecule has 13 heavy (non-hydrogen) atoms. The molecule has 2 amide bonds. The molecule has 1 aliphatic heterocycles. The summed E-state index contributed by atoms with van der Waals surface area (Å²) < 4.78 is 0. The van der Waals surface area contributed by atoms with E-state index in [2.05, 4.69) is 5.32 Å². The van der Waals surface area contributed by atoms with Crippen LogP contribution in [-0.2, 0) is 9.59 Å². The minimum absolute atomic E-state index is 0.0320. The molecule has 0 spiro atoms. The Morgan fingerprint density at radius 3 is 2.85 bits per heavy atom. The molecule has 1 saturated carbocycles. The van der Waals surface area contributed by atoms with Crippen molar-refractivity contribution in [2.24, 2.45) is 5.92 Å². The molecule has 2 rings (SSSR count). The minimum Gasteiger partial charge on any atom is -0.345 e. The Kier molecular flexibility index (Phi) is 2.20. The monoisotopic (exact) mass is 182 g/mol. The first-order valence-corrected chi connectivity index (χ1v) is 4.80. The lowest BCUT2D eigenvalue weighted by Crippen LogP contribution is -2.51. The van der Waals surface area contributed by atoms with Gasteiger partial charge in [0.15, 0.2) is 0 Å². The van der Waals surface area contributed by atoms with E-state index in [4.69, 9.17) is 0 Å². The van der Waals surface area contributed by atoms with Crippen LogP contribution in [0.4, 0.5) is 0 Å². The number of rotatable bonds is 3. The zero-order valence-corrected chi connectivity index (χ0v) is 7.58. The predicted octanol–water partition coefficient (Wildman–Crippen LogP) is -0.255. The molecule has 1 saturated heterocycles. The van der Waals surface area contributed by atoms with Crippen molar-refractivity contribution in [2.45, 2.75) is 19.3 Å². The van der Waals surface area contributed by atoms with Gasteiger partial charge in [-0.3, -0.25) is 9.59 Å². The SMILES string of the molecule is O=C1CN(CCC2CC2)C(=O)CN1. The maximum atomic E-state index is 11.3. The van der Waals surface area contributed by atoms with Gasteiger partial charge in [-0.15, -0.1) is 0 Å². The van der Waals surface area contributed by atoms with E-state index in [1.807, 2.05) is 0 Å². The van der Waals surface area contributed by atoms with Gasteiger partial charge < -0.3 is 10.2 Å². The Bertz CT molecular complexity index is 236. The van der Waals surface area contributed by atoms with Crippen LogP contribution in [0.2, 0.25) is 0 Å². The summed E-state index contributed by atoms with van der Waals surface area (Å²) in [6, 6.07) is 0. The maximum Gasteiger partial charge on any atom is 0.242 e. The molecule has 1 heterocycles. The van der Waals surface area contributed by atoms with E-state index < -0.39 is 0 Å². The molecular weight excluding hydrogens is 168 g/mol. The van der Waals surface area contributed by atoms with Gasteiger partial charge in [-0.1, -0.05) is 12.8 Å². The van der Waals surface area contributed by atoms with Crippen LogP contribution in [0.15, 0.2) is 0 Å². The third-order valence-electron chi connectivity index (χ3n) is 2.63. The van der Waals surface area contributed by atoms with Gasteiger partial charge in [-0.05, 0) is 12.3 Å². The van der Waals surface area contributed by atoms with E-state index in [-0.39, 0.29) is 24.9 Å². The lowest BCUT2D eigenvalue weighted by Gasteiger charge is -2.26. The fourth-order valence-electron chi connectivity index (χ4n) is 1.55. The fraction of sp³-hybridized carbons (Fsp3) is 0.778. The Labute approximate surface area is 77.3 Å². The summed E-state index contributed by atoms with van der Waals surface area (Å²) in [6.45, 7) is 1.20. The van der Waals surface area contributed by atoms with Gasteiger partial charge in [0.2, 0.25) is 11.8 Å². The van der Waals surface area contributed by atoms with Gasteiger partial charge in [0.1, 0.15) is 0 Å². The number of hydrogen-bond acceptors (Lipinski definition) is 2. The van der Waals surface area contributed by atoms with Crippen LogP contribution in [0.1, 0.15) is 19.3 Å². The predicted molar refractivity (Wildman–Crippen MR) is 46.9 cm³/mol. The highest BCUT2D eigenvalue weighted by atomic mass is 16.2. The van der Waals surface area contributed by atoms with Crippen LogP contribution in [0.25, 0.3) is 0 Å². The Balaban J connectivity index is 1.80. The molecule has 1 aliphatic carbocycles. The lowest BCUT2D eigenvalue weighted by atomic mass is 10.2. The van der Waals surface area contributed by atoms with Crippen LogP contribution in [0.3, 0.4) is 0 Å². The second kappa shape index (κ2) is 3.36. The van der Waals surface area contributed by atoms with E-state index in [1.165, 1.54) is 12.8 Å². The van der Waals surface area contributed by atoms with Crippen molar-refractivity contribution in [1.82, 2.24) is 10.2 Å². The van der Waals surface area contributed by atoms with Gasteiger partial charge in [0, 0.05) is 6.54 Å². The molecule has 0 aromatic rings. The zero-order chi connectivity index (χ0) is 9.26. The Hall–Kier alpha value is -1.06. The molecule has 2 fully saturated rings. The van der Waals surface area contributed by atoms with Crippen molar-refractivity contribution >= 4 is 11.8 Å². The molecule has 0 aromatic heterocycles.